The van der Waals surface area contributed by atoms with Crippen LogP contribution in [0.5, 0.6) is 0 Å². The van der Waals surface area contributed by atoms with Gasteiger partial charge >= 0.3 is 0 Å². The van der Waals surface area contributed by atoms with E-state index in [1.165, 1.54) is 0 Å². The quantitative estimate of drug-likeness (QED) is 0.762. The highest BCUT2D eigenvalue weighted by molar-refractivity contribution is 9.10. The van der Waals surface area contributed by atoms with Crippen LogP contribution in [0.3, 0.4) is 0 Å². The van der Waals surface area contributed by atoms with E-state index < -0.39 is 0 Å². The van der Waals surface area contributed by atoms with Crippen LogP contribution in [0.2, 0.25) is 0 Å². The molecule has 0 radical (unpaired) electrons. The minimum atomic E-state index is 0.434. The molecule has 5 nitrogen and oxygen atoms in total. The van der Waals surface area contributed by atoms with Gasteiger partial charge in [-0.25, -0.2) is 0 Å². The Morgan fingerprint density at radius 3 is 2.61 bits per heavy atom. The molecule has 0 aliphatic carbocycles. The van der Waals surface area contributed by atoms with Crippen LogP contribution < -0.4 is 5.73 Å². The van der Waals surface area contributed by atoms with E-state index in [4.69, 9.17) is 10.2 Å². The number of nitrogen functional groups attached to an aromatic ring is 1. The number of rotatable bonds is 2. The predicted octanol–water partition coefficient (Wildman–Crippen LogP) is 3.08. The van der Waals surface area contributed by atoms with Crippen LogP contribution in [-0.4, -0.2) is 15.2 Å². The number of halogens is 1. The minimum absolute atomic E-state index is 0.434. The Kier molecular flexibility index (Phi) is 2.64. The predicted molar refractivity (Wildman–Crippen MR) is 71.6 cm³/mol. The first-order valence-corrected chi connectivity index (χ1v) is 6.05. The maximum absolute atomic E-state index is 5.90. The van der Waals surface area contributed by atoms with Crippen molar-refractivity contribution in [3.8, 4) is 22.6 Å². The van der Waals surface area contributed by atoms with Crippen molar-refractivity contribution in [3.05, 3.63) is 41.3 Å². The Morgan fingerprint density at radius 1 is 1.17 bits per heavy atom. The molecule has 0 aliphatic rings. The Labute approximate surface area is 111 Å². The van der Waals surface area contributed by atoms with Gasteiger partial charge in [-0.05, 0) is 45.8 Å². The van der Waals surface area contributed by atoms with Gasteiger partial charge in [0.2, 0.25) is 0 Å². The molecule has 0 spiro atoms. The summed E-state index contributed by atoms with van der Waals surface area (Å²) < 4.78 is 6.18. The Bertz CT molecular complexity index is 674. The molecule has 3 aromatic heterocycles. The van der Waals surface area contributed by atoms with Gasteiger partial charge in [0.1, 0.15) is 5.69 Å². The standard InChI is InChI=1S/C12H9BrN4O/c13-9-2-1-8(18-9)11-10(12(14)17-16-11)7-3-5-15-6-4-7/h1-6H,(H3,14,16,17). The first-order valence-electron chi connectivity index (χ1n) is 5.25. The third-order valence-corrected chi connectivity index (χ3v) is 3.01. The maximum atomic E-state index is 5.90. The summed E-state index contributed by atoms with van der Waals surface area (Å²) in [6, 6.07) is 7.43. The summed E-state index contributed by atoms with van der Waals surface area (Å²) >= 11 is 3.27. The highest BCUT2D eigenvalue weighted by atomic mass is 79.9. The lowest BCUT2D eigenvalue weighted by molar-refractivity contribution is 0.553. The monoisotopic (exact) mass is 304 g/mol. The van der Waals surface area contributed by atoms with Crippen molar-refractivity contribution < 1.29 is 4.42 Å². The van der Waals surface area contributed by atoms with Crippen molar-refractivity contribution in [1.29, 1.82) is 0 Å². The van der Waals surface area contributed by atoms with Gasteiger partial charge in [0.15, 0.2) is 16.2 Å². The third kappa shape index (κ3) is 1.80. The zero-order chi connectivity index (χ0) is 12.5. The second-order valence-corrected chi connectivity index (χ2v) is 4.48. The van der Waals surface area contributed by atoms with Gasteiger partial charge in [-0.1, -0.05) is 0 Å². The van der Waals surface area contributed by atoms with Gasteiger partial charge in [0.25, 0.3) is 0 Å². The second kappa shape index (κ2) is 4.30. The van der Waals surface area contributed by atoms with Gasteiger partial charge in [-0.15, -0.1) is 0 Å². The van der Waals surface area contributed by atoms with Crippen molar-refractivity contribution in [2.45, 2.75) is 0 Å². The summed E-state index contributed by atoms with van der Waals surface area (Å²) in [4.78, 5) is 3.99. The summed E-state index contributed by atoms with van der Waals surface area (Å²) in [5, 5.41) is 6.93. The van der Waals surface area contributed by atoms with E-state index in [1.807, 2.05) is 24.3 Å². The van der Waals surface area contributed by atoms with E-state index in [0.29, 0.717) is 16.2 Å². The smallest absolute Gasteiger partial charge is 0.169 e. The molecule has 0 saturated carbocycles. The Hall–Kier alpha value is -2.08. The summed E-state index contributed by atoms with van der Waals surface area (Å²) in [6.07, 6.45) is 3.42. The zero-order valence-corrected chi connectivity index (χ0v) is 10.8. The van der Waals surface area contributed by atoms with Crippen LogP contribution in [0.4, 0.5) is 5.82 Å². The molecule has 0 aliphatic heterocycles. The van der Waals surface area contributed by atoms with Gasteiger partial charge in [-0.2, -0.15) is 5.10 Å². The molecule has 6 heteroatoms. The summed E-state index contributed by atoms with van der Waals surface area (Å²) in [6.45, 7) is 0. The molecular weight excluding hydrogens is 296 g/mol. The largest absolute Gasteiger partial charge is 0.448 e. The molecule has 90 valence electrons. The Morgan fingerprint density at radius 2 is 1.94 bits per heavy atom. The number of pyridine rings is 1. The van der Waals surface area contributed by atoms with Crippen LogP contribution in [0.25, 0.3) is 22.6 Å². The van der Waals surface area contributed by atoms with Crippen LogP contribution >= 0.6 is 15.9 Å². The van der Waals surface area contributed by atoms with Crippen molar-refractivity contribution in [1.82, 2.24) is 15.2 Å². The lowest BCUT2D eigenvalue weighted by atomic mass is 10.1. The molecular formula is C12H9BrN4O. The van der Waals surface area contributed by atoms with E-state index in [2.05, 4.69) is 31.1 Å². The first kappa shape index (κ1) is 11.0. The number of hydrogen-bond acceptors (Lipinski definition) is 4. The van der Waals surface area contributed by atoms with Crippen LogP contribution in [-0.2, 0) is 0 Å². The fourth-order valence-corrected chi connectivity index (χ4v) is 2.10. The molecule has 3 N–H and O–H groups in total. The number of aromatic amines is 1. The van der Waals surface area contributed by atoms with Gasteiger partial charge < -0.3 is 10.2 Å². The fraction of sp³-hybridized carbons (Fsp3) is 0. The summed E-state index contributed by atoms with van der Waals surface area (Å²) in [7, 11) is 0. The number of H-pyrrole nitrogens is 1. The molecule has 0 bridgehead atoms. The molecule has 18 heavy (non-hydrogen) atoms. The van der Waals surface area contributed by atoms with Crippen molar-refractivity contribution in [3.63, 3.8) is 0 Å². The first-order chi connectivity index (χ1) is 8.75. The normalized spacial score (nSPS) is 10.7. The number of aromatic nitrogens is 3. The number of nitrogens with zero attached hydrogens (tertiary/aromatic N) is 2. The number of hydrogen-bond donors (Lipinski definition) is 2. The minimum Gasteiger partial charge on any atom is -0.448 e. The molecule has 3 aromatic rings. The molecule has 0 fully saturated rings. The van der Waals surface area contributed by atoms with Crippen LogP contribution in [0.15, 0.2) is 45.7 Å². The number of nitrogens with one attached hydrogen (secondary N) is 1. The van der Waals surface area contributed by atoms with E-state index in [0.717, 1.165) is 16.8 Å². The molecule has 0 atom stereocenters. The van der Waals surface area contributed by atoms with Crippen LogP contribution in [0, 0.1) is 0 Å². The average molecular weight is 305 g/mol. The average Bonchev–Trinajstić information content (AvgIpc) is 2.96. The molecule has 3 rings (SSSR count). The van der Waals surface area contributed by atoms with E-state index in [1.54, 1.807) is 12.4 Å². The summed E-state index contributed by atoms with van der Waals surface area (Å²) in [5.74, 6) is 1.11. The number of furan rings is 1. The topological polar surface area (TPSA) is 80.7 Å². The highest BCUT2D eigenvalue weighted by Gasteiger charge is 2.17. The molecule has 0 aromatic carbocycles. The second-order valence-electron chi connectivity index (χ2n) is 3.70. The van der Waals surface area contributed by atoms with Crippen molar-refractivity contribution in [2.24, 2.45) is 0 Å². The van der Waals surface area contributed by atoms with Gasteiger partial charge in [0, 0.05) is 12.4 Å². The van der Waals surface area contributed by atoms with E-state index in [-0.39, 0.29) is 0 Å². The lowest BCUT2D eigenvalue weighted by Gasteiger charge is -2.01. The fourth-order valence-electron chi connectivity index (χ4n) is 1.79. The summed E-state index contributed by atoms with van der Waals surface area (Å²) in [5.41, 5.74) is 8.42. The van der Waals surface area contributed by atoms with Crippen LogP contribution in [0.1, 0.15) is 0 Å². The molecule has 0 amide bonds. The lowest BCUT2D eigenvalue weighted by Crippen LogP contribution is -1.88. The van der Waals surface area contributed by atoms with Crippen molar-refractivity contribution in [2.75, 3.05) is 5.73 Å². The molecule has 3 heterocycles. The number of nitrogens with two attached hydrogens (primary N) is 1. The van der Waals surface area contributed by atoms with Gasteiger partial charge in [-0.3, -0.25) is 10.1 Å². The highest BCUT2D eigenvalue weighted by Crippen LogP contribution is 2.35. The zero-order valence-electron chi connectivity index (χ0n) is 9.22. The number of anilines is 1. The van der Waals surface area contributed by atoms with Gasteiger partial charge in [0.05, 0.1) is 5.56 Å². The van der Waals surface area contributed by atoms with Crippen molar-refractivity contribution >= 4 is 21.7 Å². The maximum Gasteiger partial charge on any atom is 0.169 e. The molecule has 0 unspecified atom stereocenters. The van der Waals surface area contributed by atoms with E-state index in [9.17, 15) is 0 Å². The third-order valence-electron chi connectivity index (χ3n) is 2.58. The van der Waals surface area contributed by atoms with E-state index >= 15 is 0 Å². The molecule has 0 saturated heterocycles. The Balaban J connectivity index is 2.18. The SMILES string of the molecule is Nc1n[nH]c(-c2ccc(Br)o2)c1-c1ccncc1.